The van der Waals surface area contributed by atoms with E-state index in [1.165, 1.54) is 43.4 Å². The van der Waals surface area contributed by atoms with Gasteiger partial charge in [-0.1, -0.05) is 28.8 Å². The Morgan fingerprint density at radius 2 is 1.90 bits per heavy atom. The van der Waals surface area contributed by atoms with Crippen molar-refractivity contribution in [1.82, 2.24) is 9.88 Å². The van der Waals surface area contributed by atoms with Crippen LogP contribution in [0.15, 0.2) is 47.1 Å². The van der Waals surface area contributed by atoms with Gasteiger partial charge in [-0.3, -0.25) is 14.7 Å². The lowest BCUT2D eigenvalue weighted by atomic mass is 10.1. The van der Waals surface area contributed by atoms with E-state index in [-0.39, 0.29) is 5.56 Å². The molecule has 4 nitrogen and oxygen atoms in total. The molecule has 30 heavy (non-hydrogen) atoms. The van der Waals surface area contributed by atoms with E-state index >= 15 is 0 Å². The molecule has 1 fully saturated rings. The summed E-state index contributed by atoms with van der Waals surface area (Å²) in [4.78, 5) is 19.7. The maximum Gasteiger partial charge on any atom is 0.258 e. The monoisotopic (exact) mass is 469 g/mol. The predicted molar refractivity (Wildman–Crippen MR) is 122 cm³/mol. The Hall–Kier alpha value is -2.31. The van der Waals surface area contributed by atoms with Gasteiger partial charge < -0.3 is 5.32 Å². The second-order valence-corrected chi connectivity index (χ2v) is 8.89. The smallest absolute Gasteiger partial charge is 0.258 e. The molecule has 6 heteroatoms. The Bertz CT molecular complexity index is 1080. The molecule has 1 aromatic heterocycles. The molecule has 0 bridgehead atoms. The van der Waals surface area contributed by atoms with Crippen LogP contribution in [-0.2, 0) is 6.54 Å². The van der Waals surface area contributed by atoms with Crippen LogP contribution in [0.1, 0.15) is 47.2 Å². The first-order valence-electron chi connectivity index (χ1n) is 10.4. The number of fused-ring (bicyclic) bond motifs is 1. The van der Waals surface area contributed by atoms with Crippen molar-refractivity contribution in [1.29, 1.82) is 0 Å². The van der Waals surface area contributed by atoms with Gasteiger partial charge in [0.15, 0.2) is 0 Å². The lowest BCUT2D eigenvalue weighted by Crippen LogP contribution is -2.24. The van der Waals surface area contributed by atoms with Crippen molar-refractivity contribution in [3.05, 3.63) is 69.6 Å². The minimum atomic E-state index is -0.559. The van der Waals surface area contributed by atoms with Crippen LogP contribution >= 0.6 is 15.9 Å². The average Bonchev–Trinajstić information content (AvgIpc) is 2.97. The molecule has 4 rings (SSSR count). The fraction of sp³-hybridized carbons (Fsp3) is 0.333. The highest BCUT2D eigenvalue weighted by Crippen LogP contribution is 2.25. The Morgan fingerprint density at radius 3 is 2.63 bits per heavy atom. The second-order valence-electron chi connectivity index (χ2n) is 7.97. The van der Waals surface area contributed by atoms with Crippen LogP contribution in [0.3, 0.4) is 0 Å². The number of rotatable bonds is 4. The normalized spacial score (nSPS) is 15.2. The third kappa shape index (κ3) is 4.87. The first kappa shape index (κ1) is 20.9. The molecule has 0 spiro atoms. The van der Waals surface area contributed by atoms with Gasteiger partial charge in [0.05, 0.1) is 11.1 Å². The number of carbonyl (C=O) groups excluding carboxylic acids is 1. The lowest BCUT2D eigenvalue weighted by molar-refractivity contribution is 0.102. The van der Waals surface area contributed by atoms with Crippen LogP contribution in [-0.4, -0.2) is 28.9 Å². The van der Waals surface area contributed by atoms with Crippen LogP contribution in [0.2, 0.25) is 0 Å². The van der Waals surface area contributed by atoms with Crippen molar-refractivity contribution in [2.45, 2.75) is 39.2 Å². The minimum Gasteiger partial charge on any atom is -0.322 e. The van der Waals surface area contributed by atoms with E-state index in [4.69, 9.17) is 0 Å². The fourth-order valence-corrected chi connectivity index (χ4v) is 4.31. The van der Waals surface area contributed by atoms with Gasteiger partial charge in [0.25, 0.3) is 5.91 Å². The summed E-state index contributed by atoms with van der Waals surface area (Å²) in [5.74, 6) is -1.03. The SMILES string of the molecule is Cc1cc2cc(CN3CCCCCC3)cnc2cc1NC(=O)c1ccc(Br)cc1F. The van der Waals surface area contributed by atoms with E-state index in [0.29, 0.717) is 10.2 Å². The third-order valence-corrected chi connectivity index (χ3v) is 6.11. The summed E-state index contributed by atoms with van der Waals surface area (Å²) in [6.07, 6.45) is 7.10. The van der Waals surface area contributed by atoms with E-state index in [2.05, 4.69) is 37.2 Å². The number of benzene rings is 2. The molecular formula is C24H25BrFN3O. The summed E-state index contributed by atoms with van der Waals surface area (Å²) in [6.45, 7) is 5.15. The molecule has 1 saturated heterocycles. The number of nitrogens with zero attached hydrogens (tertiary/aromatic N) is 2. The summed E-state index contributed by atoms with van der Waals surface area (Å²) in [5.41, 5.74) is 3.59. The topological polar surface area (TPSA) is 45.2 Å². The van der Waals surface area contributed by atoms with E-state index in [0.717, 1.165) is 36.1 Å². The summed E-state index contributed by atoms with van der Waals surface area (Å²) >= 11 is 3.21. The van der Waals surface area contributed by atoms with Crippen molar-refractivity contribution in [3.63, 3.8) is 0 Å². The molecule has 0 atom stereocenters. The van der Waals surface area contributed by atoms with Gasteiger partial charge in [0, 0.05) is 28.3 Å². The van der Waals surface area contributed by atoms with Crippen LogP contribution < -0.4 is 5.32 Å². The Labute approximate surface area is 184 Å². The first-order chi connectivity index (χ1) is 14.5. The van der Waals surface area contributed by atoms with E-state index < -0.39 is 11.7 Å². The van der Waals surface area contributed by atoms with Gasteiger partial charge in [0.1, 0.15) is 5.82 Å². The number of nitrogens with one attached hydrogen (secondary N) is 1. The maximum atomic E-state index is 14.1. The molecule has 2 heterocycles. The first-order valence-corrected chi connectivity index (χ1v) is 11.2. The standard InChI is InChI=1S/C24H25BrFN3O/c1-16-10-18-11-17(15-29-8-4-2-3-5-9-29)14-27-23(18)13-22(16)28-24(30)20-7-6-19(25)12-21(20)26/h6-7,10-14H,2-5,8-9,15H2,1H3,(H,28,30). The zero-order valence-corrected chi connectivity index (χ0v) is 18.6. The summed E-state index contributed by atoms with van der Waals surface area (Å²) in [6, 6.07) is 10.5. The highest BCUT2D eigenvalue weighted by Gasteiger charge is 2.15. The molecule has 3 aromatic rings. The summed E-state index contributed by atoms with van der Waals surface area (Å²) < 4.78 is 14.7. The molecule has 1 N–H and O–H groups in total. The van der Waals surface area contributed by atoms with Crippen LogP contribution in [0.5, 0.6) is 0 Å². The number of anilines is 1. The molecule has 1 amide bonds. The van der Waals surface area contributed by atoms with E-state index in [9.17, 15) is 9.18 Å². The van der Waals surface area contributed by atoms with Gasteiger partial charge in [0.2, 0.25) is 0 Å². The molecule has 0 aliphatic carbocycles. The summed E-state index contributed by atoms with van der Waals surface area (Å²) in [5, 5.41) is 3.87. The average molecular weight is 470 g/mol. The Morgan fingerprint density at radius 1 is 1.13 bits per heavy atom. The molecule has 1 aliphatic heterocycles. The van der Waals surface area contributed by atoms with Gasteiger partial charge in [-0.25, -0.2) is 4.39 Å². The van der Waals surface area contributed by atoms with Crippen molar-refractivity contribution < 1.29 is 9.18 Å². The molecule has 1 aliphatic rings. The van der Waals surface area contributed by atoms with Crippen molar-refractivity contribution in [3.8, 4) is 0 Å². The predicted octanol–water partition coefficient (Wildman–Crippen LogP) is 6.07. The number of hydrogen-bond acceptors (Lipinski definition) is 3. The van der Waals surface area contributed by atoms with Crippen molar-refractivity contribution >= 4 is 38.4 Å². The molecule has 2 aromatic carbocycles. The fourth-order valence-electron chi connectivity index (χ4n) is 3.97. The highest BCUT2D eigenvalue weighted by atomic mass is 79.9. The number of aryl methyl sites for hydroxylation is 1. The molecule has 0 unspecified atom stereocenters. The maximum absolute atomic E-state index is 14.1. The Kier molecular flexibility index (Phi) is 6.44. The van der Waals surface area contributed by atoms with E-state index in [1.54, 1.807) is 6.07 Å². The molecule has 0 saturated carbocycles. The number of pyridine rings is 1. The zero-order chi connectivity index (χ0) is 21.1. The third-order valence-electron chi connectivity index (χ3n) is 5.61. The lowest BCUT2D eigenvalue weighted by Gasteiger charge is -2.19. The largest absolute Gasteiger partial charge is 0.322 e. The van der Waals surface area contributed by atoms with Gasteiger partial charge in [-0.2, -0.15) is 0 Å². The highest BCUT2D eigenvalue weighted by molar-refractivity contribution is 9.10. The van der Waals surface area contributed by atoms with Gasteiger partial charge >= 0.3 is 0 Å². The molecule has 0 radical (unpaired) electrons. The number of hydrogen-bond donors (Lipinski definition) is 1. The zero-order valence-electron chi connectivity index (χ0n) is 17.0. The number of halogens is 2. The van der Waals surface area contributed by atoms with E-state index in [1.807, 2.05) is 25.3 Å². The number of aromatic nitrogens is 1. The number of likely N-dealkylation sites (tertiary alicyclic amines) is 1. The van der Waals surface area contributed by atoms with Gasteiger partial charge in [-0.15, -0.1) is 0 Å². The summed E-state index contributed by atoms with van der Waals surface area (Å²) in [7, 11) is 0. The number of amides is 1. The Balaban J connectivity index is 1.54. The van der Waals surface area contributed by atoms with Crippen LogP contribution in [0.4, 0.5) is 10.1 Å². The van der Waals surface area contributed by atoms with Gasteiger partial charge in [-0.05, 0) is 80.4 Å². The minimum absolute atomic E-state index is 0.0125. The molecule has 156 valence electrons. The van der Waals surface area contributed by atoms with Crippen LogP contribution in [0.25, 0.3) is 10.9 Å². The van der Waals surface area contributed by atoms with Crippen LogP contribution in [0, 0.1) is 12.7 Å². The second kappa shape index (κ2) is 9.23. The number of carbonyl (C=O) groups is 1. The van der Waals surface area contributed by atoms with Crippen molar-refractivity contribution in [2.75, 3.05) is 18.4 Å². The van der Waals surface area contributed by atoms with Crippen molar-refractivity contribution in [2.24, 2.45) is 0 Å². The molecular weight excluding hydrogens is 445 g/mol. The quantitative estimate of drug-likeness (QED) is 0.503.